The fourth-order valence-corrected chi connectivity index (χ4v) is 1.38. The summed E-state index contributed by atoms with van der Waals surface area (Å²) in [4.78, 5) is 24.4. The van der Waals surface area contributed by atoms with Gasteiger partial charge in [0.2, 0.25) is 11.8 Å². The van der Waals surface area contributed by atoms with Gasteiger partial charge in [0.05, 0.1) is 6.54 Å². The lowest BCUT2D eigenvalue weighted by atomic mass is 10.2. The molecule has 0 saturated heterocycles. The van der Waals surface area contributed by atoms with Crippen molar-refractivity contribution in [2.45, 2.75) is 40.5 Å². The highest BCUT2D eigenvalue weighted by molar-refractivity contribution is 5.83. The highest BCUT2D eigenvalue weighted by Gasteiger charge is 2.14. The molecule has 0 fully saturated rings. The number of nitrogens with zero attached hydrogens (tertiary/aromatic N) is 1. The van der Waals surface area contributed by atoms with Crippen molar-refractivity contribution in [2.75, 3.05) is 19.6 Å². The molecule has 0 aliphatic heterocycles. The van der Waals surface area contributed by atoms with E-state index in [2.05, 4.69) is 12.2 Å². The zero-order valence-corrected chi connectivity index (χ0v) is 10.9. The molecule has 0 radical (unpaired) electrons. The second kappa shape index (κ2) is 8.13. The first-order chi connectivity index (χ1) is 7.47. The summed E-state index contributed by atoms with van der Waals surface area (Å²) in [6, 6.07) is 0. The van der Waals surface area contributed by atoms with E-state index < -0.39 is 0 Å². The first-order valence-electron chi connectivity index (χ1n) is 5.99. The van der Waals surface area contributed by atoms with Crippen molar-refractivity contribution < 1.29 is 9.59 Å². The van der Waals surface area contributed by atoms with Crippen LogP contribution >= 0.6 is 0 Å². The summed E-state index contributed by atoms with van der Waals surface area (Å²) in [6.45, 7) is 9.15. The van der Waals surface area contributed by atoms with Crippen LogP contribution < -0.4 is 5.32 Å². The molecule has 0 aliphatic rings. The maximum Gasteiger partial charge on any atom is 0.239 e. The number of hydrogen-bond acceptors (Lipinski definition) is 2. The number of amides is 2. The van der Waals surface area contributed by atoms with E-state index in [-0.39, 0.29) is 18.4 Å². The quantitative estimate of drug-likeness (QED) is 0.670. The highest BCUT2D eigenvalue weighted by atomic mass is 16.2. The maximum absolute atomic E-state index is 11.5. The SMILES string of the molecule is CCCCNC(=O)CN(CC(C)C)C(C)=O. The smallest absolute Gasteiger partial charge is 0.239 e. The average molecular weight is 228 g/mol. The molecule has 0 spiro atoms. The number of unbranched alkanes of at least 4 members (excludes halogenated alkanes) is 1. The van der Waals surface area contributed by atoms with Gasteiger partial charge in [-0.25, -0.2) is 0 Å². The van der Waals surface area contributed by atoms with E-state index in [0.717, 1.165) is 12.8 Å². The monoisotopic (exact) mass is 228 g/mol. The second-order valence-electron chi connectivity index (χ2n) is 4.50. The third kappa shape index (κ3) is 7.26. The number of hydrogen-bond donors (Lipinski definition) is 1. The molecule has 94 valence electrons. The van der Waals surface area contributed by atoms with Gasteiger partial charge in [-0.05, 0) is 12.3 Å². The van der Waals surface area contributed by atoms with Crippen LogP contribution in [-0.2, 0) is 9.59 Å². The van der Waals surface area contributed by atoms with Crippen molar-refractivity contribution in [1.29, 1.82) is 0 Å². The number of carbonyl (C=O) groups is 2. The Labute approximate surface area is 98.4 Å². The first kappa shape index (κ1) is 14.9. The molecular formula is C12H24N2O2. The van der Waals surface area contributed by atoms with Crippen molar-refractivity contribution in [3.8, 4) is 0 Å². The van der Waals surface area contributed by atoms with Gasteiger partial charge >= 0.3 is 0 Å². The molecule has 0 unspecified atom stereocenters. The summed E-state index contributed by atoms with van der Waals surface area (Å²) in [5.74, 6) is 0.274. The van der Waals surface area contributed by atoms with Gasteiger partial charge in [0.1, 0.15) is 0 Å². The Morgan fingerprint density at radius 3 is 2.38 bits per heavy atom. The molecule has 0 aliphatic carbocycles. The van der Waals surface area contributed by atoms with Crippen molar-refractivity contribution in [2.24, 2.45) is 5.92 Å². The Bertz CT molecular complexity index is 227. The number of rotatable bonds is 7. The van der Waals surface area contributed by atoms with Crippen LogP contribution in [0, 0.1) is 5.92 Å². The lowest BCUT2D eigenvalue weighted by Gasteiger charge is -2.22. The minimum Gasteiger partial charge on any atom is -0.355 e. The average Bonchev–Trinajstić information content (AvgIpc) is 2.16. The van der Waals surface area contributed by atoms with E-state index >= 15 is 0 Å². The van der Waals surface area contributed by atoms with Crippen LogP contribution in [0.15, 0.2) is 0 Å². The van der Waals surface area contributed by atoms with E-state index in [4.69, 9.17) is 0 Å². The fourth-order valence-electron chi connectivity index (χ4n) is 1.38. The van der Waals surface area contributed by atoms with Gasteiger partial charge in [0, 0.05) is 20.0 Å². The molecule has 2 amide bonds. The Morgan fingerprint density at radius 2 is 1.94 bits per heavy atom. The Hall–Kier alpha value is -1.06. The lowest BCUT2D eigenvalue weighted by molar-refractivity contribution is -0.134. The molecule has 0 atom stereocenters. The second-order valence-corrected chi connectivity index (χ2v) is 4.50. The maximum atomic E-state index is 11.5. The fraction of sp³-hybridized carbons (Fsp3) is 0.833. The van der Waals surface area contributed by atoms with Crippen molar-refractivity contribution in [3.05, 3.63) is 0 Å². The van der Waals surface area contributed by atoms with Crippen LogP contribution in [-0.4, -0.2) is 36.3 Å². The summed E-state index contributed by atoms with van der Waals surface area (Å²) in [6.07, 6.45) is 2.04. The molecule has 0 rings (SSSR count). The molecule has 4 nitrogen and oxygen atoms in total. The topological polar surface area (TPSA) is 49.4 Å². The molecule has 1 N–H and O–H groups in total. The molecule has 0 heterocycles. The van der Waals surface area contributed by atoms with Gasteiger partial charge in [-0.2, -0.15) is 0 Å². The van der Waals surface area contributed by atoms with Crippen LogP contribution in [0.2, 0.25) is 0 Å². The van der Waals surface area contributed by atoms with Crippen LogP contribution in [0.5, 0.6) is 0 Å². The molecular weight excluding hydrogens is 204 g/mol. The van der Waals surface area contributed by atoms with Crippen molar-refractivity contribution in [3.63, 3.8) is 0 Å². The third-order valence-electron chi connectivity index (χ3n) is 2.22. The number of carbonyl (C=O) groups excluding carboxylic acids is 2. The van der Waals surface area contributed by atoms with Crippen LogP contribution in [0.25, 0.3) is 0 Å². The van der Waals surface area contributed by atoms with Crippen molar-refractivity contribution >= 4 is 11.8 Å². The Morgan fingerprint density at radius 1 is 1.31 bits per heavy atom. The molecule has 0 aromatic heterocycles. The number of nitrogens with one attached hydrogen (secondary N) is 1. The van der Waals surface area contributed by atoms with E-state index in [9.17, 15) is 9.59 Å². The Balaban J connectivity index is 3.98. The zero-order chi connectivity index (χ0) is 12.6. The largest absolute Gasteiger partial charge is 0.355 e. The van der Waals surface area contributed by atoms with Gasteiger partial charge in [0.25, 0.3) is 0 Å². The van der Waals surface area contributed by atoms with Crippen LogP contribution in [0.3, 0.4) is 0 Å². The van der Waals surface area contributed by atoms with Gasteiger partial charge in [-0.1, -0.05) is 27.2 Å². The Kier molecular flexibility index (Phi) is 7.60. The van der Waals surface area contributed by atoms with Gasteiger partial charge in [-0.3, -0.25) is 9.59 Å². The third-order valence-corrected chi connectivity index (χ3v) is 2.22. The standard InChI is InChI=1S/C12H24N2O2/c1-5-6-7-13-12(16)9-14(11(4)15)8-10(2)3/h10H,5-9H2,1-4H3,(H,13,16). The molecule has 4 heteroatoms. The minimum atomic E-state index is -0.0655. The van der Waals surface area contributed by atoms with Crippen molar-refractivity contribution in [1.82, 2.24) is 10.2 Å². The summed E-state index contributed by atoms with van der Waals surface area (Å²) in [7, 11) is 0. The summed E-state index contributed by atoms with van der Waals surface area (Å²) in [5.41, 5.74) is 0. The molecule has 0 saturated carbocycles. The van der Waals surface area contributed by atoms with E-state index in [1.807, 2.05) is 13.8 Å². The summed E-state index contributed by atoms with van der Waals surface area (Å²) < 4.78 is 0. The van der Waals surface area contributed by atoms with Crippen LogP contribution in [0.1, 0.15) is 40.5 Å². The van der Waals surface area contributed by atoms with E-state index in [1.54, 1.807) is 4.90 Å². The zero-order valence-electron chi connectivity index (χ0n) is 10.9. The molecule has 0 bridgehead atoms. The van der Waals surface area contributed by atoms with Gasteiger partial charge in [0.15, 0.2) is 0 Å². The van der Waals surface area contributed by atoms with Gasteiger partial charge in [-0.15, -0.1) is 0 Å². The van der Waals surface area contributed by atoms with Gasteiger partial charge < -0.3 is 10.2 Å². The predicted octanol–water partition coefficient (Wildman–Crippen LogP) is 1.41. The summed E-state index contributed by atoms with van der Waals surface area (Å²) in [5, 5.41) is 2.81. The highest BCUT2D eigenvalue weighted by Crippen LogP contribution is 1.98. The lowest BCUT2D eigenvalue weighted by Crippen LogP contribution is -2.41. The van der Waals surface area contributed by atoms with Crippen LogP contribution in [0.4, 0.5) is 0 Å². The normalized spacial score (nSPS) is 10.3. The first-order valence-corrected chi connectivity index (χ1v) is 5.99. The molecule has 16 heavy (non-hydrogen) atoms. The van der Waals surface area contributed by atoms with E-state index in [0.29, 0.717) is 19.0 Å². The minimum absolute atomic E-state index is 0.0423. The molecule has 0 aromatic rings. The molecule has 0 aromatic carbocycles. The summed E-state index contributed by atoms with van der Waals surface area (Å²) >= 11 is 0. The predicted molar refractivity (Wildman–Crippen MR) is 65.0 cm³/mol. The van der Waals surface area contributed by atoms with E-state index in [1.165, 1.54) is 6.92 Å².